The maximum atomic E-state index is 12.3. The van der Waals surface area contributed by atoms with Gasteiger partial charge in [-0.25, -0.2) is 4.79 Å². The van der Waals surface area contributed by atoms with Crippen molar-refractivity contribution >= 4 is 72.5 Å². The Bertz CT molecular complexity index is 1210. The van der Waals surface area contributed by atoms with Crippen molar-refractivity contribution in [1.82, 2.24) is 20.3 Å². The summed E-state index contributed by atoms with van der Waals surface area (Å²) in [6, 6.07) is 5.30. The van der Waals surface area contributed by atoms with Crippen LogP contribution in [-0.4, -0.2) is 125 Å². The number of rotatable bonds is 9. The van der Waals surface area contributed by atoms with Gasteiger partial charge in [-0.15, -0.1) is 0 Å². The predicted molar refractivity (Wildman–Crippen MR) is 150 cm³/mol. The molecule has 0 radical (unpaired) electrons. The average molecular weight is 569 g/mol. The zero-order valence-corrected chi connectivity index (χ0v) is 19.8. The number of nitrogens with two attached hydrogens (primary N) is 1. The van der Waals surface area contributed by atoms with Crippen molar-refractivity contribution in [3.63, 3.8) is 0 Å². The molecular weight excluding hydrogens is 532 g/mol. The number of amides is 1. The van der Waals surface area contributed by atoms with Crippen LogP contribution >= 0.6 is 0 Å². The number of carbonyl (C=O) groups excluding carboxylic acids is 1. The van der Waals surface area contributed by atoms with Gasteiger partial charge >= 0.3 is 49.7 Å². The van der Waals surface area contributed by atoms with Crippen molar-refractivity contribution in [1.29, 1.82) is 0 Å². The number of nitrogens with one attached hydrogen (secondary N) is 3. The number of benzene rings is 1. The van der Waals surface area contributed by atoms with Crippen molar-refractivity contribution < 1.29 is 62.9 Å². The number of carbonyl (C=O) groups is 3. The number of hydrogen-bond donors (Lipinski definition) is 6. The molecule has 3 rings (SSSR count). The van der Waals surface area contributed by atoms with Crippen molar-refractivity contribution in [2.45, 2.75) is 31.7 Å². The Morgan fingerprint density at radius 1 is 0.925 bits per heavy atom. The molecular formula is C20H37Li2N5O13. The molecule has 40 heavy (non-hydrogen) atoms. The van der Waals surface area contributed by atoms with E-state index in [1.165, 1.54) is 0 Å². The molecule has 0 fully saturated rings. The second-order valence-corrected chi connectivity index (χ2v) is 6.98. The second-order valence-electron chi connectivity index (χ2n) is 6.98. The number of hydrogen-bond acceptors (Lipinski definition) is 6. The van der Waals surface area contributed by atoms with Gasteiger partial charge in [0.1, 0.15) is 11.7 Å². The zero-order chi connectivity index (χ0) is 22.5. The maximum absolute atomic E-state index is 12.3. The van der Waals surface area contributed by atoms with Gasteiger partial charge < -0.3 is 69.6 Å². The molecule has 0 aliphatic carbocycles. The molecule has 1 aromatic carbocycles. The topological polar surface area (TPSA) is 412 Å². The molecule has 20 heteroatoms. The number of aryl methyl sites for hydroxylation is 2. The van der Waals surface area contributed by atoms with E-state index in [-0.39, 0.29) is 100 Å². The molecule has 3 aromatic rings. The van der Waals surface area contributed by atoms with E-state index in [0.29, 0.717) is 23.9 Å². The van der Waals surface area contributed by atoms with E-state index in [9.17, 15) is 19.2 Å². The van der Waals surface area contributed by atoms with Crippen LogP contribution in [0.3, 0.4) is 0 Å². The van der Waals surface area contributed by atoms with Crippen molar-refractivity contribution in [2.75, 3.05) is 5.73 Å². The molecule has 0 aliphatic rings. The molecule has 0 bridgehead atoms. The number of nitrogen functional groups attached to an aromatic ring is 1. The van der Waals surface area contributed by atoms with Gasteiger partial charge in [0.05, 0.1) is 5.39 Å². The molecule has 1 atom stereocenters. The molecule has 0 unspecified atom stereocenters. The summed E-state index contributed by atoms with van der Waals surface area (Å²) in [6.45, 7) is 0. The standard InChI is InChI=1S/C20H21N5O6.2Li.7H2O.2H/c21-20-24-16-15(18(29)25-20)12(9-22-16)6-3-10-1-4-11(5-2-10)17(28)23-13(19(30)31)7-8-14(26)27;;;;;;;;;;;/h1-2,4-5,9,13H,3,6-8H2,(H,23,28)(H,26,27)(H,30,31)(H4,21,22,24,25,29);;;7*1H2;;/t13-;;;;;;;;;;;/m0.........../s1. The number of H-pyrrole nitrogens is 2. The second kappa shape index (κ2) is 23.6. The van der Waals surface area contributed by atoms with Crippen LogP contribution in [0.4, 0.5) is 5.95 Å². The Labute approximate surface area is 250 Å². The number of anilines is 1. The quantitative estimate of drug-likeness (QED) is 0.134. The molecule has 0 saturated carbocycles. The van der Waals surface area contributed by atoms with Crippen LogP contribution in [0.5, 0.6) is 0 Å². The number of nitrogens with zero attached hydrogens (tertiary/aromatic N) is 1. The Balaban J connectivity index is -0.000000242. The van der Waals surface area contributed by atoms with E-state index >= 15 is 0 Å². The summed E-state index contributed by atoms with van der Waals surface area (Å²) < 4.78 is 0. The zero-order valence-electron chi connectivity index (χ0n) is 19.8. The fraction of sp³-hybridized carbons (Fsp3) is 0.250. The van der Waals surface area contributed by atoms with Gasteiger partial charge in [-0.2, -0.15) is 4.98 Å². The number of aromatic nitrogens is 3. The molecule has 0 aliphatic heterocycles. The number of aliphatic carboxylic acids is 2. The fourth-order valence-corrected chi connectivity index (χ4v) is 3.19. The summed E-state index contributed by atoms with van der Waals surface area (Å²) in [7, 11) is 0. The molecule has 2 heterocycles. The summed E-state index contributed by atoms with van der Waals surface area (Å²) in [5, 5.41) is 20.6. The first-order valence-corrected chi connectivity index (χ1v) is 9.44. The number of carboxylic acids is 2. The first kappa shape index (κ1) is 53.1. The molecule has 21 N–H and O–H groups in total. The minimum absolute atomic E-state index is 0. The van der Waals surface area contributed by atoms with Crippen LogP contribution in [0, 0.1) is 0 Å². The van der Waals surface area contributed by atoms with Crippen molar-refractivity contribution in [3.8, 4) is 0 Å². The molecule has 0 saturated heterocycles. The average Bonchev–Trinajstić information content (AvgIpc) is 3.12. The van der Waals surface area contributed by atoms with Crippen LogP contribution in [0.25, 0.3) is 11.0 Å². The summed E-state index contributed by atoms with van der Waals surface area (Å²) in [5.74, 6) is -3.00. The van der Waals surface area contributed by atoms with Gasteiger partial charge in [0, 0.05) is 18.2 Å². The summed E-state index contributed by atoms with van der Waals surface area (Å²) in [5.41, 5.74) is 7.59. The van der Waals surface area contributed by atoms with Crippen LogP contribution in [0.15, 0.2) is 35.3 Å². The van der Waals surface area contributed by atoms with Crippen LogP contribution in [0.2, 0.25) is 0 Å². The van der Waals surface area contributed by atoms with Gasteiger partial charge in [0.15, 0.2) is 0 Å². The van der Waals surface area contributed by atoms with Crippen LogP contribution in [-0.2, 0) is 22.4 Å². The van der Waals surface area contributed by atoms with Gasteiger partial charge in [-0.1, -0.05) is 12.1 Å². The first-order chi connectivity index (χ1) is 14.7. The van der Waals surface area contributed by atoms with Gasteiger partial charge in [-0.3, -0.25) is 14.4 Å². The Morgan fingerprint density at radius 2 is 1.48 bits per heavy atom. The van der Waals surface area contributed by atoms with Crippen LogP contribution in [0.1, 0.15) is 34.3 Å². The third-order valence-corrected chi connectivity index (χ3v) is 4.80. The molecule has 1 amide bonds. The monoisotopic (exact) mass is 569 g/mol. The fourth-order valence-electron chi connectivity index (χ4n) is 3.19. The van der Waals surface area contributed by atoms with Gasteiger partial charge in [-0.05, 0) is 42.5 Å². The number of fused-ring (bicyclic) bond motifs is 1. The van der Waals surface area contributed by atoms with E-state index in [1.54, 1.807) is 30.5 Å². The van der Waals surface area contributed by atoms with Crippen LogP contribution < -0.4 is 16.6 Å². The molecule has 2 aromatic heterocycles. The SMILES string of the molecule is Nc1nc(=O)c2c(CCc3ccc(C(=O)N[C@@H](CCC(=O)O)C(=O)O)cc3)c[nH]c2[nH]1.O.O.O.O.O.O.O.[LiH].[LiH]. The van der Waals surface area contributed by atoms with E-state index in [1.807, 2.05) is 0 Å². The Kier molecular flexibility index (Phi) is 31.4. The predicted octanol–water partition coefficient (Wildman–Crippen LogP) is -6.40. The van der Waals surface area contributed by atoms with Crippen molar-refractivity contribution in [3.05, 3.63) is 57.5 Å². The van der Waals surface area contributed by atoms with E-state index < -0.39 is 29.4 Å². The number of carboxylic acid groups (broad SMARTS) is 2. The molecule has 222 valence electrons. The van der Waals surface area contributed by atoms with E-state index in [0.717, 1.165) is 11.1 Å². The van der Waals surface area contributed by atoms with Crippen molar-refractivity contribution in [2.24, 2.45) is 0 Å². The Morgan fingerprint density at radius 3 is 1.98 bits per heavy atom. The van der Waals surface area contributed by atoms with Gasteiger partial charge in [0.25, 0.3) is 11.5 Å². The third-order valence-electron chi connectivity index (χ3n) is 4.80. The first-order valence-electron chi connectivity index (χ1n) is 9.44. The molecule has 18 nitrogen and oxygen atoms in total. The van der Waals surface area contributed by atoms with E-state index in [4.69, 9.17) is 15.9 Å². The van der Waals surface area contributed by atoms with E-state index in [2.05, 4.69) is 20.3 Å². The summed E-state index contributed by atoms with van der Waals surface area (Å²) in [4.78, 5) is 55.7. The van der Waals surface area contributed by atoms with Gasteiger partial charge in [0.2, 0.25) is 5.95 Å². The summed E-state index contributed by atoms with van der Waals surface area (Å²) >= 11 is 0. The normalized spacial score (nSPS) is 9.20. The minimum atomic E-state index is -1.30. The summed E-state index contributed by atoms with van der Waals surface area (Å²) in [6.07, 6.45) is 2.29. The Hall–Kier alpha value is -3.24. The molecule has 0 spiro atoms. The third kappa shape index (κ3) is 13.7. The number of aromatic amines is 2.